The van der Waals surface area contributed by atoms with E-state index in [2.05, 4.69) is 5.32 Å². The number of halogens is 2. The van der Waals surface area contributed by atoms with Crippen LogP contribution in [0.25, 0.3) is 10.1 Å². The first kappa shape index (κ1) is 18.2. The monoisotopic (exact) mass is 393 g/mol. The zero-order valence-electron chi connectivity index (χ0n) is 13.5. The van der Waals surface area contributed by atoms with Gasteiger partial charge in [-0.3, -0.25) is 4.79 Å². The van der Waals surface area contributed by atoms with Crippen molar-refractivity contribution in [3.8, 4) is 5.75 Å². The van der Waals surface area contributed by atoms with Crippen LogP contribution < -0.4 is 10.1 Å². The molecule has 0 aliphatic heterocycles. The molecule has 1 amide bonds. The number of hydrogen-bond donors (Lipinski definition) is 1. The van der Waals surface area contributed by atoms with E-state index in [1.165, 1.54) is 25.3 Å². The van der Waals surface area contributed by atoms with Crippen LogP contribution in [0.15, 0.2) is 42.5 Å². The lowest BCUT2D eigenvalue weighted by Crippen LogP contribution is -2.20. The van der Waals surface area contributed by atoms with Crippen LogP contribution in [0.1, 0.15) is 9.67 Å². The Labute approximate surface area is 157 Å². The molecule has 0 saturated carbocycles. The van der Waals surface area contributed by atoms with Crippen LogP contribution in [0.3, 0.4) is 0 Å². The van der Waals surface area contributed by atoms with Crippen molar-refractivity contribution in [3.05, 3.63) is 58.2 Å². The highest BCUT2D eigenvalue weighted by Gasteiger charge is 2.19. The SMILES string of the molecule is COc1cccc(NC(=O)COC(=O)c2sc3cc(F)ccc3c2Cl)c1. The molecule has 3 rings (SSSR count). The fourth-order valence-corrected chi connectivity index (χ4v) is 3.69. The lowest BCUT2D eigenvalue weighted by atomic mass is 10.2. The van der Waals surface area contributed by atoms with E-state index in [4.69, 9.17) is 21.1 Å². The molecule has 0 spiro atoms. The molecule has 0 saturated heterocycles. The van der Waals surface area contributed by atoms with Crippen molar-refractivity contribution in [3.63, 3.8) is 0 Å². The zero-order chi connectivity index (χ0) is 18.7. The van der Waals surface area contributed by atoms with Gasteiger partial charge in [0.05, 0.1) is 12.1 Å². The molecule has 0 bridgehead atoms. The molecular weight excluding hydrogens is 381 g/mol. The summed E-state index contributed by atoms with van der Waals surface area (Å²) in [6.07, 6.45) is 0. The summed E-state index contributed by atoms with van der Waals surface area (Å²) >= 11 is 7.17. The molecule has 0 atom stereocenters. The highest BCUT2D eigenvalue weighted by molar-refractivity contribution is 7.21. The highest BCUT2D eigenvalue weighted by atomic mass is 35.5. The molecule has 2 aromatic carbocycles. The van der Waals surface area contributed by atoms with Gasteiger partial charge in [-0.15, -0.1) is 11.3 Å². The Bertz CT molecular complexity index is 988. The van der Waals surface area contributed by atoms with Crippen LogP contribution in [-0.2, 0) is 9.53 Å². The Morgan fingerprint density at radius 2 is 2.04 bits per heavy atom. The third kappa shape index (κ3) is 3.95. The molecule has 1 N–H and O–H groups in total. The molecule has 1 heterocycles. The van der Waals surface area contributed by atoms with Crippen LogP contribution in [0.2, 0.25) is 5.02 Å². The summed E-state index contributed by atoms with van der Waals surface area (Å²) < 4.78 is 23.9. The molecular formula is C18H13ClFNO4S. The first-order valence-electron chi connectivity index (χ1n) is 7.46. The fourth-order valence-electron chi connectivity index (χ4n) is 2.26. The average molecular weight is 394 g/mol. The zero-order valence-corrected chi connectivity index (χ0v) is 15.1. The van der Waals surface area contributed by atoms with E-state index in [1.54, 1.807) is 24.3 Å². The maximum atomic E-state index is 13.3. The Balaban J connectivity index is 1.65. The number of rotatable bonds is 5. The molecule has 8 heteroatoms. The van der Waals surface area contributed by atoms with Crippen LogP contribution in [-0.4, -0.2) is 25.6 Å². The van der Waals surface area contributed by atoms with Crippen molar-refractivity contribution < 1.29 is 23.5 Å². The van der Waals surface area contributed by atoms with Gasteiger partial charge in [0.2, 0.25) is 0 Å². The molecule has 0 aliphatic carbocycles. The topological polar surface area (TPSA) is 64.6 Å². The van der Waals surface area contributed by atoms with E-state index in [9.17, 15) is 14.0 Å². The van der Waals surface area contributed by atoms with E-state index in [0.29, 0.717) is 21.5 Å². The number of anilines is 1. The van der Waals surface area contributed by atoms with Gasteiger partial charge in [0.25, 0.3) is 5.91 Å². The lowest BCUT2D eigenvalue weighted by Gasteiger charge is -2.07. The van der Waals surface area contributed by atoms with E-state index < -0.39 is 24.3 Å². The second-order valence-electron chi connectivity index (χ2n) is 5.24. The van der Waals surface area contributed by atoms with E-state index in [0.717, 1.165) is 11.3 Å². The first-order chi connectivity index (χ1) is 12.5. The van der Waals surface area contributed by atoms with Gasteiger partial charge in [0.15, 0.2) is 6.61 Å². The maximum absolute atomic E-state index is 13.3. The van der Waals surface area contributed by atoms with Crippen molar-refractivity contribution in [2.45, 2.75) is 0 Å². The predicted octanol–water partition coefficient (Wildman–Crippen LogP) is 4.50. The minimum atomic E-state index is -0.739. The third-order valence-corrected chi connectivity index (χ3v) is 5.10. The lowest BCUT2D eigenvalue weighted by molar-refractivity contribution is -0.119. The number of benzene rings is 2. The second kappa shape index (κ2) is 7.72. The minimum absolute atomic E-state index is 0.126. The van der Waals surface area contributed by atoms with Gasteiger partial charge >= 0.3 is 5.97 Å². The van der Waals surface area contributed by atoms with Crippen molar-refractivity contribution in [2.24, 2.45) is 0 Å². The summed E-state index contributed by atoms with van der Waals surface area (Å²) in [5, 5.41) is 3.34. The van der Waals surface area contributed by atoms with Crippen LogP contribution >= 0.6 is 22.9 Å². The molecule has 26 heavy (non-hydrogen) atoms. The molecule has 134 valence electrons. The predicted molar refractivity (Wildman–Crippen MR) is 98.7 cm³/mol. The number of amides is 1. The summed E-state index contributed by atoms with van der Waals surface area (Å²) in [5.41, 5.74) is 0.515. The van der Waals surface area contributed by atoms with Gasteiger partial charge in [-0.25, -0.2) is 9.18 Å². The smallest absolute Gasteiger partial charge is 0.350 e. The molecule has 0 fully saturated rings. The van der Waals surface area contributed by atoms with Crippen molar-refractivity contribution in [1.29, 1.82) is 0 Å². The van der Waals surface area contributed by atoms with Gasteiger partial charge in [-0.2, -0.15) is 0 Å². The van der Waals surface area contributed by atoms with Crippen molar-refractivity contribution in [2.75, 3.05) is 19.0 Å². The number of methoxy groups -OCH3 is 1. The number of nitrogens with one attached hydrogen (secondary N) is 1. The largest absolute Gasteiger partial charge is 0.497 e. The van der Waals surface area contributed by atoms with Crippen molar-refractivity contribution >= 4 is 50.6 Å². The number of esters is 1. The average Bonchev–Trinajstić information content (AvgIpc) is 2.95. The summed E-state index contributed by atoms with van der Waals surface area (Å²) in [6.45, 7) is -0.477. The van der Waals surface area contributed by atoms with E-state index >= 15 is 0 Å². The van der Waals surface area contributed by atoms with Gasteiger partial charge in [-0.05, 0) is 30.3 Å². The fraction of sp³-hybridized carbons (Fsp3) is 0.111. The molecule has 0 unspecified atom stereocenters. The second-order valence-corrected chi connectivity index (χ2v) is 6.67. The third-order valence-electron chi connectivity index (χ3n) is 3.46. The Morgan fingerprint density at radius 3 is 2.81 bits per heavy atom. The first-order valence-corrected chi connectivity index (χ1v) is 8.66. The molecule has 5 nitrogen and oxygen atoms in total. The summed E-state index contributed by atoms with van der Waals surface area (Å²) in [6, 6.07) is 10.8. The Kier molecular flexibility index (Phi) is 5.39. The standard InChI is InChI=1S/C18H13ClFNO4S/c1-24-12-4-2-3-11(8-12)21-15(22)9-25-18(23)17-16(19)13-6-5-10(20)7-14(13)26-17/h2-8H,9H2,1H3,(H,21,22). The Morgan fingerprint density at radius 1 is 1.23 bits per heavy atom. The van der Waals surface area contributed by atoms with Crippen LogP contribution in [0.5, 0.6) is 5.75 Å². The van der Waals surface area contributed by atoms with Crippen LogP contribution in [0, 0.1) is 5.82 Å². The summed E-state index contributed by atoms with van der Waals surface area (Å²) in [7, 11) is 1.52. The molecule has 3 aromatic rings. The van der Waals surface area contributed by atoms with Gasteiger partial charge < -0.3 is 14.8 Å². The number of ether oxygens (including phenoxy) is 2. The highest BCUT2D eigenvalue weighted by Crippen LogP contribution is 2.36. The number of carbonyl (C=O) groups is 2. The van der Waals surface area contributed by atoms with Gasteiger partial charge in [0, 0.05) is 21.8 Å². The number of hydrogen-bond acceptors (Lipinski definition) is 5. The van der Waals surface area contributed by atoms with E-state index in [-0.39, 0.29) is 9.90 Å². The van der Waals surface area contributed by atoms with Gasteiger partial charge in [0.1, 0.15) is 16.4 Å². The number of thiophene rings is 1. The Hall–Kier alpha value is -2.64. The quantitative estimate of drug-likeness (QED) is 0.648. The summed E-state index contributed by atoms with van der Waals surface area (Å²) in [5.74, 6) is -1.08. The molecule has 0 radical (unpaired) electrons. The molecule has 0 aliphatic rings. The van der Waals surface area contributed by atoms with Crippen molar-refractivity contribution in [1.82, 2.24) is 0 Å². The van der Waals surface area contributed by atoms with Crippen LogP contribution in [0.4, 0.5) is 10.1 Å². The molecule has 1 aromatic heterocycles. The summed E-state index contributed by atoms with van der Waals surface area (Å²) in [4.78, 5) is 24.3. The minimum Gasteiger partial charge on any atom is -0.497 e. The number of fused-ring (bicyclic) bond motifs is 1. The van der Waals surface area contributed by atoms with Gasteiger partial charge in [-0.1, -0.05) is 17.7 Å². The number of carbonyl (C=O) groups excluding carboxylic acids is 2. The normalized spacial score (nSPS) is 10.6. The van der Waals surface area contributed by atoms with E-state index in [1.807, 2.05) is 0 Å². The maximum Gasteiger partial charge on any atom is 0.350 e.